The summed E-state index contributed by atoms with van der Waals surface area (Å²) in [6.07, 6.45) is 3.47. The van der Waals surface area contributed by atoms with Crippen LogP contribution in [0.3, 0.4) is 0 Å². The fourth-order valence-corrected chi connectivity index (χ4v) is 4.37. The summed E-state index contributed by atoms with van der Waals surface area (Å²) in [7, 11) is 0. The van der Waals surface area contributed by atoms with Crippen molar-refractivity contribution in [3.63, 3.8) is 0 Å². The van der Waals surface area contributed by atoms with Crippen LogP contribution in [0.5, 0.6) is 0 Å². The molecule has 2 atom stereocenters. The number of nitrogens with zero attached hydrogens (tertiary/aromatic N) is 1. The highest BCUT2D eigenvalue weighted by Crippen LogP contribution is 2.32. The summed E-state index contributed by atoms with van der Waals surface area (Å²) < 4.78 is 17.6. The van der Waals surface area contributed by atoms with Crippen molar-refractivity contribution in [2.24, 2.45) is 0 Å². The van der Waals surface area contributed by atoms with E-state index in [-0.39, 0.29) is 11.9 Å². The van der Waals surface area contributed by atoms with Gasteiger partial charge in [-0.25, -0.2) is 4.79 Å². The monoisotopic (exact) mass is 425 g/mol. The standard InChI is InChI=1S/C24H27NO6/c1-16(30-24(28)31-18-10-6-3-7-11-18)29-23(27)19-14-15-25-20(19)12-13-21(25)22(26)17-8-4-2-5-9-17/h2,4-5,8-9,12-13,16,18-19H,3,6-7,10-11,14-15H2,1H3/t16?,19-/m0/s1. The number of rotatable bonds is 6. The topological polar surface area (TPSA) is 83.8 Å². The summed E-state index contributed by atoms with van der Waals surface area (Å²) in [4.78, 5) is 37.4. The number of hydrogen-bond donors (Lipinski definition) is 0. The third-order valence-electron chi connectivity index (χ3n) is 5.93. The van der Waals surface area contributed by atoms with E-state index in [1.165, 1.54) is 6.92 Å². The van der Waals surface area contributed by atoms with Crippen LogP contribution < -0.4 is 0 Å². The first-order valence-electron chi connectivity index (χ1n) is 10.9. The van der Waals surface area contributed by atoms with Crippen LogP contribution >= 0.6 is 0 Å². The van der Waals surface area contributed by atoms with Gasteiger partial charge in [-0.15, -0.1) is 0 Å². The highest BCUT2D eigenvalue weighted by atomic mass is 16.8. The Morgan fingerprint density at radius 1 is 0.935 bits per heavy atom. The van der Waals surface area contributed by atoms with Crippen molar-refractivity contribution in [1.82, 2.24) is 4.57 Å². The maximum absolute atomic E-state index is 12.8. The fourth-order valence-electron chi connectivity index (χ4n) is 4.37. The van der Waals surface area contributed by atoms with E-state index in [9.17, 15) is 14.4 Å². The molecular weight excluding hydrogens is 398 g/mol. The Morgan fingerprint density at radius 3 is 2.42 bits per heavy atom. The molecule has 1 aliphatic carbocycles. The van der Waals surface area contributed by atoms with Gasteiger partial charge in [0.15, 0.2) is 0 Å². The molecule has 31 heavy (non-hydrogen) atoms. The molecule has 164 valence electrons. The largest absolute Gasteiger partial charge is 0.511 e. The van der Waals surface area contributed by atoms with Gasteiger partial charge in [-0.1, -0.05) is 36.8 Å². The first kappa shape index (κ1) is 21.2. The van der Waals surface area contributed by atoms with Crippen LogP contribution in [0.25, 0.3) is 0 Å². The van der Waals surface area contributed by atoms with Crippen LogP contribution in [0.1, 0.15) is 73.1 Å². The predicted molar refractivity (Wildman–Crippen MR) is 112 cm³/mol. The number of benzene rings is 1. The van der Waals surface area contributed by atoms with E-state index in [2.05, 4.69) is 0 Å². The summed E-state index contributed by atoms with van der Waals surface area (Å²) in [5, 5.41) is 0. The van der Waals surface area contributed by atoms with Gasteiger partial charge in [0.05, 0.1) is 11.6 Å². The van der Waals surface area contributed by atoms with Gasteiger partial charge in [0, 0.05) is 24.7 Å². The Morgan fingerprint density at radius 2 is 1.68 bits per heavy atom. The van der Waals surface area contributed by atoms with Crippen molar-refractivity contribution >= 4 is 17.9 Å². The molecule has 7 heteroatoms. The number of aromatic nitrogens is 1. The molecule has 7 nitrogen and oxygen atoms in total. The third-order valence-corrected chi connectivity index (χ3v) is 5.93. The molecule has 0 bridgehead atoms. The van der Waals surface area contributed by atoms with Gasteiger partial charge in [-0.2, -0.15) is 0 Å². The molecule has 1 saturated carbocycles. The second-order valence-electron chi connectivity index (χ2n) is 8.08. The van der Waals surface area contributed by atoms with Gasteiger partial charge in [0.2, 0.25) is 12.1 Å². The van der Waals surface area contributed by atoms with Crippen molar-refractivity contribution in [2.45, 2.75) is 70.3 Å². The molecule has 1 fully saturated rings. The minimum Gasteiger partial charge on any atom is -0.431 e. The molecular formula is C24H27NO6. The molecule has 0 saturated heterocycles. The Labute approximate surface area is 181 Å². The van der Waals surface area contributed by atoms with Crippen molar-refractivity contribution in [3.05, 3.63) is 59.4 Å². The van der Waals surface area contributed by atoms with Crippen LogP contribution in [0.2, 0.25) is 0 Å². The zero-order chi connectivity index (χ0) is 21.8. The van der Waals surface area contributed by atoms with Gasteiger partial charge >= 0.3 is 12.1 Å². The molecule has 2 aromatic rings. The van der Waals surface area contributed by atoms with Gasteiger partial charge < -0.3 is 18.8 Å². The van der Waals surface area contributed by atoms with Crippen molar-refractivity contribution < 1.29 is 28.6 Å². The minimum atomic E-state index is -1.04. The number of esters is 1. The second kappa shape index (κ2) is 9.37. The smallest absolute Gasteiger partial charge is 0.431 e. The lowest BCUT2D eigenvalue weighted by atomic mass is 9.98. The molecule has 0 spiro atoms. The molecule has 2 aliphatic rings. The molecule has 1 aliphatic heterocycles. The lowest BCUT2D eigenvalue weighted by Gasteiger charge is -2.22. The highest BCUT2D eigenvalue weighted by Gasteiger charge is 2.34. The number of ether oxygens (including phenoxy) is 3. The van der Waals surface area contributed by atoms with Crippen LogP contribution in [-0.2, 0) is 25.5 Å². The number of hydrogen-bond acceptors (Lipinski definition) is 6. The van der Waals surface area contributed by atoms with E-state index < -0.39 is 24.3 Å². The van der Waals surface area contributed by atoms with E-state index in [0.29, 0.717) is 24.2 Å². The van der Waals surface area contributed by atoms with Crippen molar-refractivity contribution in [2.75, 3.05) is 0 Å². The zero-order valence-electron chi connectivity index (χ0n) is 17.6. The quantitative estimate of drug-likeness (QED) is 0.383. The first-order valence-corrected chi connectivity index (χ1v) is 10.9. The number of carbonyl (C=O) groups excluding carboxylic acids is 3. The van der Waals surface area contributed by atoms with Gasteiger partial charge in [-0.05, 0) is 44.2 Å². The maximum Gasteiger partial charge on any atom is 0.511 e. The molecule has 1 aromatic carbocycles. The molecule has 0 radical (unpaired) electrons. The first-order chi connectivity index (χ1) is 15.0. The summed E-state index contributed by atoms with van der Waals surface area (Å²) in [5.41, 5.74) is 1.89. The molecule has 0 N–H and O–H groups in total. The van der Waals surface area contributed by atoms with Gasteiger partial charge in [0.25, 0.3) is 0 Å². The summed E-state index contributed by atoms with van der Waals surface area (Å²) in [5.74, 6) is -1.06. The van der Waals surface area contributed by atoms with E-state index in [0.717, 1.165) is 37.8 Å². The normalized spacial score (nSPS) is 19.3. The molecule has 1 aromatic heterocycles. The zero-order valence-corrected chi connectivity index (χ0v) is 17.6. The molecule has 1 unspecified atom stereocenters. The Hall–Kier alpha value is -3.09. The SMILES string of the molecule is CC(OC(=O)OC1CCCCC1)OC(=O)[C@H]1CCn2c(C(=O)c3ccccc3)ccc21. The second-order valence-corrected chi connectivity index (χ2v) is 8.08. The average Bonchev–Trinajstić information content (AvgIpc) is 3.36. The van der Waals surface area contributed by atoms with Gasteiger partial charge in [-0.3, -0.25) is 9.59 Å². The predicted octanol–water partition coefficient (Wildman–Crippen LogP) is 4.58. The fraction of sp³-hybridized carbons (Fsp3) is 0.458. The van der Waals surface area contributed by atoms with E-state index in [1.807, 2.05) is 22.8 Å². The Balaban J connectivity index is 1.34. The highest BCUT2D eigenvalue weighted by molar-refractivity contribution is 6.08. The minimum absolute atomic E-state index is 0.0805. The number of fused-ring (bicyclic) bond motifs is 1. The average molecular weight is 425 g/mol. The van der Waals surface area contributed by atoms with E-state index >= 15 is 0 Å². The molecule has 0 amide bonds. The molecule has 4 rings (SSSR count). The van der Waals surface area contributed by atoms with Crippen molar-refractivity contribution in [3.8, 4) is 0 Å². The van der Waals surface area contributed by atoms with Gasteiger partial charge in [0.1, 0.15) is 6.10 Å². The number of ketones is 1. The van der Waals surface area contributed by atoms with Crippen LogP contribution in [0.4, 0.5) is 4.79 Å². The van der Waals surface area contributed by atoms with Crippen LogP contribution in [0, 0.1) is 0 Å². The Bertz CT molecular complexity index is 944. The summed E-state index contributed by atoms with van der Waals surface area (Å²) in [6, 6.07) is 12.6. The van der Waals surface area contributed by atoms with Crippen LogP contribution in [0.15, 0.2) is 42.5 Å². The summed E-state index contributed by atoms with van der Waals surface area (Å²) >= 11 is 0. The van der Waals surface area contributed by atoms with Crippen LogP contribution in [-0.4, -0.2) is 34.9 Å². The van der Waals surface area contributed by atoms with E-state index in [4.69, 9.17) is 14.2 Å². The van der Waals surface area contributed by atoms with E-state index in [1.54, 1.807) is 24.3 Å². The lowest BCUT2D eigenvalue weighted by Crippen LogP contribution is -2.28. The number of carbonyl (C=O) groups is 3. The molecule has 2 heterocycles. The Kier molecular flexibility index (Phi) is 6.39. The maximum atomic E-state index is 12.8. The third kappa shape index (κ3) is 4.81. The summed E-state index contributed by atoms with van der Waals surface area (Å²) in [6.45, 7) is 2.05. The lowest BCUT2D eigenvalue weighted by molar-refractivity contribution is -0.170. The van der Waals surface area contributed by atoms with Crippen molar-refractivity contribution in [1.29, 1.82) is 0 Å².